The lowest BCUT2D eigenvalue weighted by molar-refractivity contribution is 0.0468. The molecule has 0 bridgehead atoms. The molecule has 1 saturated carbocycles. The highest BCUT2D eigenvalue weighted by atomic mass is 14.9. The van der Waals surface area contributed by atoms with Crippen LogP contribution >= 0.6 is 0 Å². The molecule has 1 aliphatic rings. The van der Waals surface area contributed by atoms with Crippen molar-refractivity contribution in [1.82, 2.24) is 15.3 Å². The molecule has 1 aromatic rings. The van der Waals surface area contributed by atoms with Crippen LogP contribution in [0.5, 0.6) is 0 Å². The van der Waals surface area contributed by atoms with E-state index in [2.05, 4.69) is 29.1 Å². The van der Waals surface area contributed by atoms with Gasteiger partial charge in [0.2, 0.25) is 0 Å². The van der Waals surface area contributed by atoms with Gasteiger partial charge >= 0.3 is 0 Å². The van der Waals surface area contributed by atoms with Gasteiger partial charge in [0.05, 0.1) is 5.69 Å². The second-order valence-electron chi connectivity index (χ2n) is 4.62. The Balaban J connectivity index is 2.20. The van der Waals surface area contributed by atoms with Crippen LogP contribution in [0.4, 0.5) is 0 Å². The smallest absolute Gasteiger partial charge is 0.0624 e. The van der Waals surface area contributed by atoms with Crippen LogP contribution in [0, 0.1) is 5.41 Å². The molecule has 0 saturated heterocycles. The van der Waals surface area contributed by atoms with Crippen molar-refractivity contribution in [2.45, 2.75) is 38.6 Å². The van der Waals surface area contributed by atoms with Crippen LogP contribution in [0.15, 0.2) is 18.6 Å². The van der Waals surface area contributed by atoms with E-state index in [0.717, 1.165) is 5.69 Å². The Labute approximate surface area is 91.3 Å². The third kappa shape index (κ3) is 1.55. The average Bonchev–Trinajstić information content (AvgIpc) is 2.28. The van der Waals surface area contributed by atoms with Crippen LogP contribution in [0.3, 0.4) is 0 Å². The average molecular weight is 205 g/mol. The molecule has 0 spiro atoms. The molecule has 1 aromatic heterocycles. The lowest BCUT2D eigenvalue weighted by Gasteiger charge is -2.53. The summed E-state index contributed by atoms with van der Waals surface area (Å²) in [6, 6.07) is 0.620. The molecule has 3 nitrogen and oxygen atoms in total. The molecule has 3 atom stereocenters. The minimum Gasteiger partial charge on any atom is -0.316 e. The largest absolute Gasteiger partial charge is 0.316 e. The summed E-state index contributed by atoms with van der Waals surface area (Å²) in [5.41, 5.74) is 1.48. The second-order valence-corrected chi connectivity index (χ2v) is 4.62. The first-order valence-electron chi connectivity index (χ1n) is 5.65. The first kappa shape index (κ1) is 10.6. The molecule has 1 heterocycles. The van der Waals surface area contributed by atoms with Crippen LogP contribution < -0.4 is 5.32 Å². The first-order chi connectivity index (χ1) is 7.22. The molecule has 1 aliphatic carbocycles. The molecule has 3 heteroatoms. The van der Waals surface area contributed by atoms with E-state index in [1.54, 1.807) is 12.4 Å². The van der Waals surface area contributed by atoms with Gasteiger partial charge in [0, 0.05) is 30.6 Å². The topological polar surface area (TPSA) is 37.8 Å². The summed E-state index contributed by atoms with van der Waals surface area (Å²) in [5.74, 6) is 0.564. The van der Waals surface area contributed by atoms with E-state index < -0.39 is 0 Å². The number of hydrogen-bond donors (Lipinski definition) is 1. The Morgan fingerprint density at radius 2 is 2.33 bits per heavy atom. The molecule has 0 amide bonds. The van der Waals surface area contributed by atoms with Crippen molar-refractivity contribution in [3.63, 3.8) is 0 Å². The van der Waals surface area contributed by atoms with E-state index in [0.29, 0.717) is 17.4 Å². The van der Waals surface area contributed by atoms with Crippen molar-refractivity contribution in [3.8, 4) is 0 Å². The highest BCUT2D eigenvalue weighted by Gasteiger charge is 2.50. The summed E-state index contributed by atoms with van der Waals surface area (Å²) < 4.78 is 0. The normalized spacial score (nSPS) is 34.9. The molecule has 15 heavy (non-hydrogen) atoms. The van der Waals surface area contributed by atoms with Crippen molar-refractivity contribution in [3.05, 3.63) is 24.3 Å². The summed E-state index contributed by atoms with van der Waals surface area (Å²) in [7, 11) is 2.05. The lowest BCUT2D eigenvalue weighted by atomic mass is 9.55. The SMILES string of the molecule is CCC1(C)C(NC)CC1c1cnccn1. The van der Waals surface area contributed by atoms with E-state index in [-0.39, 0.29) is 0 Å². The van der Waals surface area contributed by atoms with Gasteiger partial charge in [-0.3, -0.25) is 9.97 Å². The molecule has 1 N–H and O–H groups in total. The Kier molecular flexibility index (Phi) is 2.74. The van der Waals surface area contributed by atoms with E-state index in [9.17, 15) is 0 Å². The summed E-state index contributed by atoms with van der Waals surface area (Å²) in [6.45, 7) is 4.60. The summed E-state index contributed by atoms with van der Waals surface area (Å²) in [5, 5.41) is 3.39. The van der Waals surface area contributed by atoms with Crippen molar-refractivity contribution in [1.29, 1.82) is 0 Å². The van der Waals surface area contributed by atoms with Crippen LogP contribution in [-0.2, 0) is 0 Å². The molecular weight excluding hydrogens is 186 g/mol. The summed E-state index contributed by atoms with van der Waals surface area (Å²) in [6.07, 6.45) is 7.79. The van der Waals surface area contributed by atoms with Gasteiger partial charge in [0.15, 0.2) is 0 Å². The van der Waals surface area contributed by atoms with Gasteiger partial charge in [-0.15, -0.1) is 0 Å². The third-order valence-electron chi connectivity index (χ3n) is 4.11. The fraction of sp³-hybridized carbons (Fsp3) is 0.667. The predicted molar refractivity (Wildman–Crippen MR) is 60.6 cm³/mol. The standard InChI is InChI=1S/C12H19N3/c1-4-12(2)9(7-11(12)13-3)10-8-14-5-6-15-10/h5-6,8-9,11,13H,4,7H2,1-3H3. The molecular formula is C12H19N3. The lowest BCUT2D eigenvalue weighted by Crippen LogP contribution is -2.55. The van der Waals surface area contributed by atoms with Gasteiger partial charge in [0.25, 0.3) is 0 Å². The molecule has 0 radical (unpaired) electrons. The molecule has 2 rings (SSSR count). The Morgan fingerprint density at radius 1 is 1.53 bits per heavy atom. The highest BCUT2D eigenvalue weighted by molar-refractivity contribution is 5.19. The van der Waals surface area contributed by atoms with Crippen molar-refractivity contribution >= 4 is 0 Å². The molecule has 0 aliphatic heterocycles. The number of rotatable bonds is 3. The van der Waals surface area contributed by atoms with Gasteiger partial charge in [-0.1, -0.05) is 13.8 Å². The maximum Gasteiger partial charge on any atom is 0.0624 e. The van der Waals surface area contributed by atoms with Crippen LogP contribution in [0.25, 0.3) is 0 Å². The number of hydrogen-bond acceptors (Lipinski definition) is 3. The van der Waals surface area contributed by atoms with E-state index >= 15 is 0 Å². The maximum atomic E-state index is 4.42. The van der Waals surface area contributed by atoms with Gasteiger partial charge < -0.3 is 5.32 Å². The number of nitrogens with one attached hydrogen (secondary N) is 1. The van der Waals surface area contributed by atoms with Crippen molar-refractivity contribution in [2.24, 2.45) is 5.41 Å². The zero-order chi connectivity index (χ0) is 10.9. The first-order valence-corrected chi connectivity index (χ1v) is 5.65. The third-order valence-corrected chi connectivity index (χ3v) is 4.11. The van der Waals surface area contributed by atoms with Crippen LogP contribution in [0.2, 0.25) is 0 Å². The maximum absolute atomic E-state index is 4.42. The van der Waals surface area contributed by atoms with Gasteiger partial charge in [0.1, 0.15) is 0 Å². The van der Waals surface area contributed by atoms with E-state index in [4.69, 9.17) is 0 Å². The Bertz CT molecular complexity index is 325. The Hall–Kier alpha value is -0.960. The molecule has 3 unspecified atom stereocenters. The van der Waals surface area contributed by atoms with Gasteiger partial charge in [-0.25, -0.2) is 0 Å². The van der Waals surface area contributed by atoms with Crippen molar-refractivity contribution < 1.29 is 0 Å². The molecule has 0 aromatic carbocycles. The highest BCUT2D eigenvalue weighted by Crippen LogP contribution is 2.53. The minimum absolute atomic E-state index is 0.338. The van der Waals surface area contributed by atoms with Gasteiger partial charge in [-0.05, 0) is 25.3 Å². The van der Waals surface area contributed by atoms with Crippen LogP contribution in [-0.4, -0.2) is 23.1 Å². The van der Waals surface area contributed by atoms with E-state index in [1.807, 2.05) is 13.2 Å². The second kappa shape index (κ2) is 3.89. The fourth-order valence-electron chi connectivity index (χ4n) is 2.75. The quantitative estimate of drug-likeness (QED) is 0.819. The fourth-order valence-corrected chi connectivity index (χ4v) is 2.75. The monoisotopic (exact) mass is 205 g/mol. The predicted octanol–water partition coefficient (Wildman–Crippen LogP) is 1.97. The van der Waals surface area contributed by atoms with Gasteiger partial charge in [-0.2, -0.15) is 0 Å². The van der Waals surface area contributed by atoms with E-state index in [1.165, 1.54) is 12.8 Å². The number of nitrogens with zero attached hydrogens (tertiary/aromatic N) is 2. The summed E-state index contributed by atoms with van der Waals surface area (Å²) in [4.78, 5) is 8.58. The zero-order valence-electron chi connectivity index (χ0n) is 9.70. The number of aromatic nitrogens is 2. The Morgan fingerprint density at radius 3 is 2.87 bits per heavy atom. The summed E-state index contributed by atoms with van der Waals surface area (Å²) >= 11 is 0. The zero-order valence-corrected chi connectivity index (χ0v) is 9.70. The molecule has 1 fully saturated rings. The minimum atomic E-state index is 0.338. The molecule has 82 valence electrons. The van der Waals surface area contributed by atoms with Crippen LogP contribution in [0.1, 0.15) is 38.3 Å². The van der Waals surface area contributed by atoms with Crippen molar-refractivity contribution in [2.75, 3.05) is 7.05 Å².